The number of carbonyl (C=O) groups is 1. The second-order valence-electron chi connectivity index (χ2n) is 3.42. The minimum atomic E-state index is -4.46. The highest BCUT2D eigenvalue weighted by atomic mass is 19.4. The Labute approximate surface area is 95.9 Å². The number of hydrogen-bond donors (Lipinski definition) is 1. The molecule has 0 heterocycles. The molecule has 0 saturated carbocycles. The molecule has 0 aliphatic heterocycles. The standard InChI is InChI=1S/C11H9F3N2O/c1-7(6-15)10(17)16-9-4-2-3-8(5-9)11(12,13)14/h2-5,7H,1H3,(H,16,17). The summed E-state index contributed by atoms with van der Waals surface area (Å²) < 4.78 is 37.1. The van der Waals surface area contributed by atoms with Crippen molar-refractivity contribution in [2.24, 2.45) is 5.92 Å². The number of halogens is 3. The van der Waals surface area contributed by atoms with E-state index in [1.54, 1.807) is 6.07 Å². The Hall–Kier alpha value is -2.03. The monoisotopic (exact) mass is 242 g/mol. The van der Waals surface area contributed by atoms with Crippen molar-refractivity contribution in [3.8, 4) is 6.07 Å². The van der Waals surface area contributed by atoms with Crippen molar-refractivity contribution in [3.05, 3.63) is 29.8 Å². The molecule has 1 unspecified atom stereocenters. The summed E-state index contributed by atoms with van der Waals surface area (Å²) in [6.45, 7) is 1.36. The van der Waals surface area contributed by atoms with Gasteiger partial charge in [-0.05, 0) is 25.1 Å². The van der Waals surface area contributed by atoms with E-state index in [2.05, 4.69) is 5.32 Å². The smallest absolute Gasteiger partial charge is 0.325 e. The molecule has 0 aliphatic carbocycles. The number of alkyl halides is 3. The number of amides is 1. The van der Waals surface area contributed by atoms with Gasteiger partial charge in [0.25, 0.3) is 0 Å². The van der Waals surface area contributed by atoms with Crippen molar-refractivity contribution in [1.29, 1.82) is 5.26 Å². The summed E-state index contributed by atoms with van der Waals surface area (Å²) in [5, 5.41) is 10.7. The fourth-order valence-electron chi connectivity index (χ4n) is 1.08. The normalized spacial score (nSPS) is 12.6. The molecule has 1 atom stereocenters. The van der Waals surface area contributed by atoms with Gasteiger partial charge in [0, 0.05) is 5.69 Å². The lowest BCUT2D eigenvalue weighted by atomic mass is 10.1. The van der Waals surface area contributed by atoms with Crippen LogP contribution < -0.4 is 5.32 Å². The van der Waals surface area contributed by atoms with Crippen molar-refractivity contribution in [1.82, 2.24) is 0 Å². The van der Waals surface area contributed by atoms with Crippen LogP contribution in [0.25, 0.3) is 0 Å². The Morgan fingerprint density at radius 3 is 2.65 bits per heavy atom. The fourth-order valence-corrected chi connectivity index (χ4v) is 1.08. The average Bonchev–Trinajstić information content (AvgIpc) is 2.27. The Bertz CT molecular complexity index is 463. The van der Waals surface area contributed by atoms with Crippen LogP contribution in [0.5, 0.6) is 0 Å². The van der Waals surface area contributed by atoms with Crippen LogP contribution in [0.3, 0.4) is 0 Å². The molecule has 0 bridgehead atoms. The van der Waals surface area contributed by atoms with Crippen LogP contribution in [0, 0.1) is 17.2 Å². The summed E-state index contributed by atoms with van der Waals surface area (Å²) in [6, 6.07) is 5.94. The van der Waals surface area contributed by atoms with Gasteiger partial charge in [0.1, 0.15) is 5.92 Å². The summed E-state index contributed by atoms with van der Waals surface area (Å²) in [5.41, 5.74) is -0.827. The Morgan fingerprint density at radius 2 is 2.12 bits per heavy atom. The first-order chi connectivity index (χ1) is 7.84. The quantitative estimate of drug-likeness (QED) is 0.866. The van der Waals surface area contributed by atoms with Gasteiger partial charge >= 0.3 is 6.18 Å². The Kier molecular flexibility index (Phi) is 3.73. The third-order valence-corrected chi connectivity index (χ3v) is 2.04. The summed E-state index contributed by atoms with van der Waals surface area (Å²) in [6.07, 6.45) is -4.46. The topological polar surface area (TPSA) is 52.9 Å². The molecule has 0 aromatic heterocycles. The van der Waals surface area contributed by atoms with Crippen molar-refractivity contribution < 1.29 is 18.0 Å². The zero-order valence-electron chi connectivity index (χ0n) is 8.88. The van der Waals surface area contributed by atoms with Gasteiger partial charge in [-0.3, -0.25) is 4.79 Å². The Balaban J connectivity index is 2.88. The number of nitriles is 1. The molecular formula is C11H9F3N2O. The van der Waals surface area contributed by atoms with E-state index in [0.29, 0.717) is 0 Å². The first-order valence-corrected chi connectivity index (χ1v) is 4.72. The van der Waals surface area contributed by atoms with E-state index in [9.17, 15) is 18.0 Å². The minimum Gasteiger partial charge on any atom is -0.325 e. The largest absolute Gasteiger partial charge is 0.416 e. The molecule has 17 heavy (non-hydrogen) atoms. The lowest BCUT2D eigenvalue weighted by Gasteiger charge is -2.10. The predicted molar refractivity (Wildman–Crippen MR) is 54.9 cm³/mol. The lowest BCUT2D eigenvalue weighted by Crippen LogP contribution is -2.19. The molecule has 0 aliphatic rings. The highest BCUT2D eigenvalue weighted by Gasteiger charge is 2.30. The van der Waals surface area contributed by atoms with Gasteiger partial charge in [-0.25, -0.2) is 0 Å². The Morgan fingerprint density at radius 1 is 1.47 bits per heavy atom. The molecule has 1 aromatic carbocycles. The molecule has 0 saturated heterocycles. The van der Waals surface area contributed by atoms with Crippen LogP contribution >= 0.6 is 0 Å². The molecule has 1 aromatic rings. The van der Waals surface area contributed by atoms with Crippen LogP contribution in [0.2, 0.25) is 0 Å². The van der Waals surface area contributed by atoms with Crippen molar-refractivity contribution in [2.45, 2.75) is 13.1 Å². The van der Waals surface area contributed by atoms with E-state index < -0.39 is 23.6 Å². The number of hydrogen-bond acceptors (Lipinski definition) is 2. The first-order valence-electron chi connectivity index (χ1n) is 4.72. The second-order valence-corrected chi connectivity index (χ2v) is 3.42. The molecule has 90 valence electrons. The second kappa shape index (κ2) is 4.87. The van der Waals surface area contributed by atoms with Crippen LogP contribution in [-0.4, -0.2) is 5.91 Å². The SMILES string of the molecule is CC(C#N)C(=O)Nc1cccc(C(F)(F)F)c1. The number of anilines is 1. The highest BCUT2D eigenvalue weighted by molar-refractivity contribution is 5.93. The van der Waals surface area contributed by atoms with Crippen LogP contribution in [0.4, 0.5) is 18.9 Å². The van der Waals surface area contributed by atoms with E-state index >= 15 is 0 Å². The number of rotatable bonds is 2. The van der Waals surface area contributed by atoms with Crippen LogP contribution in [-0.2, 0) is 11.0 Å². The van der Waals surface area contributed by atoms with E-state index in [-0.39, 0.29) is 5.69 Å². The number of carbonyl (C=O) groups excluding carboxylic acids is 1. The highest BCUT2D eigenvalue weighted by Crippen LogP contribution is 2.30. The summed E-state index contributed by atoms with van der Waals surface area (Å²) in [4.78, 5) is 11.3. The number of nitrogens with one attached hydrogen (secondary N) is 1. The van der Waals surface area contributed by atoms with Gasteiger partial charge in [0.15, 0.2) is 0 Å². The molecule has 1 amide bonds. The van der Waals surface area contributed by atoms with Crippen LogP contribution in [0.15, 0.2) is 24.3 Å². The third-order valence-electron chi connectivity index (χ3n) is 2.04. The van der Waals surface area contributed by atoms with Gasteiger partial charge in [0.2, 0.25) is 5.91 Å². The molecule has 0 fully saturated rings. The zero-order valence-corrected chi connectivity index (χ0v) is 8.88. The summed E-state index contributed by atoms with van der Waals surface area (Å²) >= 11 is 0. The van der Waals surface area contributed by atoms with Crippen molar-refractivity contribution in [2.75, 3.05) is 5.32 Å². The molecule has 3 nitrogen and oxygen atoms in total. The number of nitrogens with zero attached hydrogens (tertiary/aromatic N) is 1. The van der Waals surface area contributed by atoms with E-state index in [1.807, 2.05) is 0 Å². The number of benzene rings is 1. The maximum atomic E-state index is 12.4. The predicted octanol–water partition coefficient (Wildman–Crippen LogP) is 2.80. The minimum absolute atomic E-state index is 0.0203. The molecule has 0 radical (unpaired) electrons. The van der Waals surface area contributed by atoms with E-state index in [4.69, 9.17) is 5.26 Å². The van der Waals surface area contributed by atoms with E-state index in [1.165, 1.54) is 19.1 Å². The van der Waals surface area contributed by atoms with Crippen LogP contribution in [0.1, 0.15) is 12.5 Å². The van der Waals surface area contributed by atoms with Gasteiger partial charge in [-0.2, -0.15) is 18.4 Å². The summed E-state index contributed by atoms with van der Waals surface area (Å²) in [5.74, 6) is -1.55. The van der Waals surface area contributed by atoms with Gasteiger partial charge in [-0.1, -0.05) is 6.07 Å². The third kappa shape index (κ3) is 3.48. The van der Waals surface area contributed by atoms with Gasteiger partial charge in [-0.15, -0.1) is 0 Å². The first kappa shape index (κ1) is 13.0. The maximum Gasteiger partial charge on any atom is 0.416 e. The zero-order chi connectivity index (χ0) is 13.1. The van der Waals surface area contributed by atoms with Crippen molar-refractivity contribution in [3.63, 3.8) is 0 Å². The van der Waals surface area contributed by atoms with E-state index in [0.717, 1.165) is 12.1 Å². The maximum absolute atomic E-state index is 12.4. The average molecular weight is 242 g/mol. The molecule has 1 rings (SSSR count). The molecule has 1 N–H and O–H groups in total. The molecule has 6 heteroatoms. The fraction of sp³-hybridized carbons (Fsp3) is 0.273. The summed E-state index contributed by atoms with van der Waals surface area (Å²) in [7, 11) is 0. The van der Waals surface area contributed by atoms with Crippen molar-refractivity contribution >= 4 is 11.6 Å². The van der Waals surface area contributed by atoms with Gasteiger partial charge < -0.3 is 5.32 Å². The van der Waals surface area contributed by atoms with Gasteiger partial charge in [0.05, 0.1) is 11.6 Å². The molecule has 0 spiro atoms. The lowest BCUT2D eigenvalue weighted by molar-refractivity contribution is -0.137. The molecular weight excluding hydrogens is 233 g/mol.